The molecule has 4 heteroatoms. The first-order chi connectivity index (χ1) is 9.13. The molecule has 0 spiro atoms. The van der Waals surface area contributed by atoms with Crippen LogP contribution in [-0.2, 0) is 0 Å². The highest BCUT2D eigenvalue weighted by Crippen LogP contribution is 2.45. The molecule has 1 aliphatic rings. The first-order valence-electron chi connectivity index (χ1n) is 5.99. The van der Waals surface area contributed by atoms with Crippen molar-refractivity contribution in [2.45, 2.75) is 5.92 Å². The van der Waals surface area contributed by atoms with E-state index in [-0.39, 0.29) is 17.3 Å². The molecule has 2 aromatic rings. The summed E-state index contributed by atoms with van der Waals surface area (Å²) in [6.07, 6.45) is 0. The third kappa shape index (κ3) is 1.64. The standard InChI is InChI=1S/C15H12FNO2/c16-13-3-1-2-9-12(7-17)11-6-8(15(18)19)4-5-10(11)14(9)13/h1-6,12H,7,17H2,(H,18,19). The summed E-state index contributed by atoms with van der Waals surface area (Å²) >= 11 is 0. The van der Waals surface area contributed by atoms with Crippen LogP contribution in [0.15, 0.2) is 36.4 Å². The summed E-state index contributed by atoms with van der Waals surface area (Å²) in [7, 11) is 0. The highest BCUT2D eigenvalue weighted by Gasteiger charge is 2.30. The highest BCUT2D eigenvalue weighted by molar-refractivity contribution is 5.90. The van der Waals surface area contributed by atoms with E-state index in [9.17, 15) is 9.18 Å². The number of fused-ring (bicyclic) bond motifs is 3. The van der Waals surface area contributed by atoms with Crippen LogP contribution in [0.4, 0.5) is 4.39 Å². The van der Waals surface area contributed by atoms with Crippen LogP contribution in [0, 0.1) is 5.82 Å². The number of carboxylic acid groups (broad SMARTS) is 1. The maximum Gasteiger partial charge on any atom is 0.335 e. The van der Waals surface area contributed by atoms with E-state index in [1.165, 1.54) is 12.1 Å². The second-order valence-electron chi connectivity index (χ2n) is 4.60. The summed E-state index contributed by atoms with van der Waals surface area (Å²) in [5, 5.41) is 9.04. The van der Waals surface area contributed by atoms with Crippen LogP contribution in [0.3, 0.4) is 0 Å². The zero-order valence-corrected chi connectivity index (χ0v) is 10.1. The molecular weight excluding hydrogens is 245 g/mol. The number of nitrogens with two attached hydrogens (primary N) is 1. The normalized spacial score (nSPS) is 16.0. The Balaban J connectivity index is 2.28. The molecule has 0 bridgehead atoms. The van der Waals surface area contributed by atoms with E-state index < -0.39 is 5.97 Å². The lowest BCUT2D eigenvalue weighted by Crippen LogP contribution is -2.11. The topological polar surface area (TPSA) is 63.3 Å². The number of benzene rings is 2. The van der Waals surface area contributed by atoms with Crippen molar-refractivity contribution in [2.24, 2.45) is 5.73 Å². The van der Waals surface area contributed by atoms with Gasteiger partial charge >= 0.3 is 5.97 Å². The molecule has 0 aliphatic heterocycles. The average Bonchev–Trinajstić information content (AvgIpc) is 2.72. The number of halogens is 1. The molecule has 0 aromatic heterocycles. The number of hydrogen-bond donors (Lipinski definition) is 2. The lowest BCUT2D eigenvalue weighted by Gasteiger charge is -2.10. The van der Waals surface area contributed by atoms with Gasteiger partial charge in [-0.25, -0.2) is 9.18 Å². The Morgan fingerprint density at radius 1 is 1.26 bits per heavy atom. The van der Waals surface area contributed by atoms with Crippen molar-refractivity contribution >= 4 is 5.97 Å². The molecule has 0 saturated carbocycles. The van der Waals surface area contributed by atoms with Gasteiger partial charge in [-0.15, -0.1) is 0 Å². The average molecular weight is 257 g/mol. The van der Waals surface area contributed by atoms with Gasteiger partial charge in [0.05, 0.1) is 5.56 Å². The van der Waals surface area contributed by atoms with E-state index in [1.54, 1.807) is 18.2 Å². The van der Waals surface area contributed by atoms with E-state index >= 15 is 0 Å². The number of hydrogen-bond acceptors (Lipinski definition) is 2. The Kier molecular flexibility index (Phi) is 2.61. The molecule has 3 nitrogen and oxygen atoms in total. The summed E-state index contributed by atoms with van der Waals surface area (Å²) in [5.41, 5.74) is 8.89. The van der Waals surface area contributed by atoms with Gasteiger partial charge in [-0.05, 0) is 34.9 Å². The molecule has 2 aromatic carbocycles. The number of carboxylic acids is 1. The third-order valence-electron chi connectivity index (χ3n) is 3.60. The Bertz CT molecular complexity index is 682. The number of aromatic carboxylic acids is 1. The van der Waals surface area contributed by atoms with Crippen molar-refractivity contribution in [3.8, 4) is 11.1 Å². The quantitative estimate of drug-likeness (QED) is 0.869. The van der Waals surface area contributed by atoms with Crippen LogP contribution in [0.5, 0.6) is 0 Å². The molecule has 1 unspecified atom stereocenters. The van der Waals surface area contributed by atoms with Gasteiger partial charge in [0.15, 0.2) is 0 Å². The molecule has 0 radical (unpaired) electrons. The molecule has 0 heterocycles. The molecule has 3 N–H and O–H groups in total. The summed E-state index contributed by atoms with van der Waals surface area (Å²) in [4.78, 5) is 11.0. The Morgan fingerprint density at radius 3 is 2.74 bits per heavy atom. The van der Waals surface area contributed by atoms with Gasteiger partial charge in [-0.3, -0.25) is 0 Å². The van der Waals surface area contributed by atoms with Crippen molar-refractivity contribution in [1.29, 1.82) is 0 Å². The second-order valence-corrected chi connectivity index (χ2v) is 4.60. The zero-order chi connectivity index (χ0) is 13.6. The second kappa shape index (κ2) is 4.17. The van der Waals surface area contributed by atoms with Crippen molar-refractivity contribution in [1.82, 2.24) is 0 Å². The minimum Gasteiger partial charge on any atom is -0.478 e. The minimum atomic E-state index is -0.991. The van der Waals surface area contributed by atoms with Gasteiger partial charge in [-0.2, -0.15) is 0 Å². The van der Waals surface area contributed by atoms with Crippen molar-refractivity contribution in [2.75, 3.05) is 6.54 Å². The van der Waals surface area contributed by atoms with E-state index in [2.05, 4.69) is 0 Å². The summed E-state index contributed by atoms with van der Waals surface area (Å²) < 4.78 is 14.0. The Labute approximate surface area is 109 Å². The summed E-state index contributed by atoms with van der Waals surface area (Å²) in [6.45, 7) is 0.326. The fourth-order valence-electron chi connectivity index (χ4n) is 2.75. The van der Waals surface area contributed by atoms with Crippen LogP contribution >= 0.6 is 0 Å². The van der Waals surface area contributed by atoms with Crippen molar-refractivity contribution in [3.63, 3.8) is 0 Å². The fourth-order valence-corrected chi connectivity index (χ4v) is 2.75. The molecule has 1 atom stereocenters. The van der Waals surface area contributed by atoms with Crippen LogP contribution in [0.25, 0.3) is 11.1 Å². The lowest BCUT2D eigenvalue weighted by molar-refractivity contribution is 0.0697. The van der Waals surface area contributed by atoms with Crippen LogP contribution < -0.4 is 5.73 Å². The largest absolute Gasteiger partial charge is 0.478 e. The Hall–Kier alpha value is -2.20. The lowest BCUT2D eigenvalue weighted by atomic mass is 9.96. The van der Waals surface area contributed by atoms with Crippen LogP contribution in [-0.4, -0.2) is 17.6 Å². The molecule has 96 valence electrons. The molecule has 3 rings (SSSR count). The maximum absolute atomic E-state index is 14.0. The van der Waals surface area contributed by atoms with Gasteiger partial charge in [-0.1, -0.05) is 18.2 Å². The van der Waals surface area contributed by atoms with Crippen molar-refractivity contribution in [3.05, 3.63) is 58.9 Å². The van der Waals surface area contributed by atoms with Crippen molar-refractivity contribution < 1.29 is 14.3 Å². The van der Waals surface area contributed by atoms with Crippen LogP contribution in [0.1, 0.15) is 27.4 Å². The summed E-state index contributed by atoms with van der Waals surface area (Å²) in [6, 6.07) is 9.66. The smallest absolute Gasteiger partial charge is 0.335 e. The molecule has 1 aliphatic carbocycles. The minimum absolute atomic E-state index is 0.139. The molecular formula is C15H12FNO2. The maximum atomic E-state index is 14.0. The number of carbonyl (C=O) groups is 1. The van der Waals surface area contributed by atoms with Gasteiger partial charge < -0.3 is 10.8 Å². The van der Waals surface area contributed by atoms with Gasteiger partial charge in [0, 0.05) is 18.0 Å². The van der Waals surface area contributed by atoms with Gasteiger partial charge in [0.1, 0.15) is 5.82 Å². The first kappa shape index (κ1) is 11.9. The predicted octanol–water partition coefficient (Wildman–Crippen LogP) is 2.59. The fraction of sp³-hybridized carbons (Fsp3) is 0.133. The highest BCUT2D eigenvalue weighted by atomic mass is 19.1. The van der Waals surface area contributed by atoms with E-state index in [1.807, 2.05) is 6.07 Å². The first-order valence-corrected chi connectivity index (χ1v) is 5.99. The molecule has 19 heavy (non-hydrogen) atoms. The molecule has 0 saturated heterocycles. The zero-order valence-electron chi connectivity index (χ0n) is 10.1. The van der Waals surface area contributed by atoms with E-state index in [0.29, 0.717) is 12.1 Å². The Morgan fingerprint density at radius 2 is 2.05 bits per heavy atom. The monoisotopic (exact) mass is 257 g/mol. The predicted molar refractivity (Wildman–Crippen MR) is 69.7 cm³/mol. The van der Waals surface area contributed by atoms with Gasteiger partial charge in [0.25, 0.3) is 0 Å². The van der Waals surface area contributed by atoms with Gasteiger partial charge in [0.2, 0.25) is 0 Å². The van der Waals surface area contributed by atoms with Crippen LogP contribution in [0.2, 0.25) is 0 Å². The number of rotatable bonds is 2. The molecule has 0 amide bonds. The summed E-state index contributed by atoms with van der Waals surface area (Å²) in [5.74, 6) is -1.42. The van der Waals surface area contributed by atoms with E-state index in [0.717, 1.165) is 16.7 Å². The SMILES string of the molecule is NCC1c2cc(C(=O)O)ccc2-c2c(F)cccc21. The third-order valence-corrected chi connectivity index (χ3v) is 3.60. The van der Waals surface area contributed by atoms with E-state index in [4.69, 9.17) is 10.8 Å². The molecule has 0 fully saturated rings.